The van der Waals surface area contributed by atoms with E-state index in [9.17, 15) is 8.42 Å². The summed E-state index contributed by atoms with van der Waals surface area (Å²) in [5, 5.41) is 3.64. The van der Waals surface area contributed by atoms with E-state index < -0.39 is 10.0 Å². The molecule has 0 bridgehead atoms. The van der Waals surface area contributed by atoms with Crippen LogP contribution in [0.3, 0.4) is 0 Å². The van der Waals surface area contributed by atoms with Gasteiger partial charge in [0.25, 0.3) is 0 Å². The molecule has 3 heterocycles. The Bertz CT molecular complexity index is 1200. The lowest BCUT2D eigenvalue weighted by atomic mass is 10.2. The van der Waals surface area contributed by atoms with Gasteiger partial charge in [0.15, 0.2) is 0 Å². The van der Waals surface area contributed by atoms with E-state index in [0.29, 0.717) is 47.9 Å². The molecule has 2 N–H and O–H groups in total. The first kappa shape index (κ1) is 24.1. The van der Waals surface area contributed by atoms with Crippen molar-refractivity contribution in [1.82, 2.24) is 19.7 Å². The summed E-state index contributed by atoms with van der Waals surface area (Å²) < 4.78 is 37.3. The molecule has 0 radical (unpaired) electrons. The third kappa shape index (κ3) is 6.76. The number of rotatable bonds is 9. The lowest BCUT2D eigenvalue weighted by Gasteiger charge is -2.28. The number of nitrogens with one attached hydrogen (secondary N) is 2. The molecule has 1 aliphatic rings. The molecule has 0 aliphatic carbocycles. The van der Waals surface area contributed by atoms with Gasteiger partial charge in [0.1, 0.15) is 11.6 Å². The summed E-state index contributed by atoms with van der Waals surface area (Å²) in [6.07, 6.45) is 3.06. The fraction of sp³-hybridized carbons (Fsp3) is 0.318. The molecule has 0 saturated carbocycles. The number of nitrogens with zero attached hydrogens (tertiary/aromatic N) is 4. The van der Waals surface area contributed by atoms with Gasteiger partial charge < -0.3 is 19.7 Å². The summed E-state index contributed by atoms with van der Waals surface area (Å²) in [5.74, 6) is 2.12. The van der Waals surface area contributed by atoms with Crippen molar-refractivity contribution in [2.75, 3.05) is 43.6 Å². The third-order valence-electron chi connectivity index (χ3n) is 5.07. The van der Waals surface area contributed by atoms with Gasteiger partial charge in [-0.05, 0) is 36.4 Å². The highest BCUT2D eigenvalue weighted by atomic mass is 35.5. The molecule has 0 atom stereocenters. The molecule has 0 amide bonds. The predicted molar refractivity (Wildman–Crippen MR) is 130 cm³/mol. The largest absolute Gasteiger partial charge is 0.439 e. The first-order valence-electron chi connectivity index (χ1n) is 10.6. The van der Waals surface area contributed by atoms with Crippen LogP contribution in [-0.2, 0) is 27.1 Å². The van der Waals surface area contributed by atoms with Gasteiger partial charge >= 0.3 is 0 Å². The monoisotopic (exact) mass is 504 g/mol. The number of benzene rings is 1. The molecule has 1 aliphatic heterocycles. The predicted octanol–water partition coefficient (Wildman–Crippen LogP) is 2.82. The molecular weight excluding hydrogens is 480 g/mol. The SMILES string of the molecule is CNS(=O)(=O)Cc1ccc(Oc2cc(CNc3ncc(Cl)cn3)cc(N3CCOCC3)n2)cc1. The highest BCUT2D eigenvalue weighted by Crippen LogP contribution is 2.26. The fourth-order valence-electron chi connectivity index (χ4n) is 3.30. The average Bonchev–Trinajstić information content (AvgIpc) is 2.85. The smallest absolute Gasteiger partial charge is 0.222 e. The van der Waals surface area contributed by atoms with Crippen molar-refractivity contribution in [1.29, 1.82) is 0 Å². The summed E-state index contributed by atoms with van der Waals surface area (Å²) in [4.78, 5) is 15.1. The summed E-state index contributed by atoms with van der Waals surface area (Å²) in [5.41, 5.74) is 1.59. The van der Waals surface area contributed by atoms with Crippen LogP contribution in [0, 0.1) is 0 Å². The maximum absolute atomic E-state index is 11.8. The van der Waals surface area contributed by atoms with Crippen LogP contribution in [0.2, 0.25) is 5.02 Å². The molecule has 180 valence electrons. The van der Waals surface area contributed by atoms with Crippen LogP contribution in [0.4, 0.5) is 11.8 Å². The van der Waals surface area contributed by atoms with Crippen LogP contribution < -0.4 is 19.7 Å². The van der Waals surface area contributed by atoms with Gasteiger partial charge in [-0.2, -0.15) is 4.98 Å². The minimum absolute atomic E-state index is 0.100. The van der Waals surface area contributed by atoms with Crippen LogP contribution in [0.1, 0.15) is 11.1 Å². The van der Waals surface area contributed by atoms with Gasteiger partial charge in [0.2, 0.25) is 21.9 Å². The Morgan fingerprint density at radius 3 is 2.47 bits per heavy atom. The zero-order valence-electron chi connectivity index (χ0n) is 18.6. The topological polar surface area (TPSA) is 119 Å². The molecule has 1 fully saturated rings. The van der Waals surface area contributed by atoms with E-state index in [0.717, 1.165) is 24.5 Å². The average molecular weight is 505 g/mol. The van der Waals surface area contributed by atoms with Crippen molar-refractivity contribution >= 4 is 33.4 Å². The molecule has 1 saturated heterocycles. The molecule has 4 rings (SSSR count). The number of sulfonamides is 1. The van der Waals surface area contributed by atoms with Crippen LogP contribution >= 0.6 is 11.6 Å². The molecule has 10 nitrogen and oxygen atoms in total. The van der Waals surface area contributed by atoms with Gasteiger partial charge in [-0.3, -0.25) is 0 Å². The number of hydrogen-bond donors (Lipinski definition) is 2. The second kappa shape index (κ2) is 11.0. The summed E-state index contributed by atoms with van der Waals surface area (Å²) >= 11 is 5.86. The molecule has 2 aromatic heterocycles. The van der Waals surface area contributed by atoms with Gasteiger partial charge in [0.05, 0.1) is 36.4 Å². The van der Waals surface area contributed by atoms with Crippen molar-refractivity contribution in [2.45, 2.75) is 12.3 Å². The van der Waals surface area contributed by atoms with Gasteiger partial charge in [-0.25, -0.2) is 23.1 Å². The van der Waals surface area contributed by atoms with Gasteiger partial charge in [-0.1, -0.05) is 23.7 Å². The molecule has 3 aromatic rings. The van der Waals surface area contributed by atoms with Gasteiger partial charge in [-0.15, -0.1) is 0 Å². The van der Waals surface area contributed by atoms with Crippen molar-refractivity contribution in [3.8, 4) is 11.6 Å². The zero-order chi connectivity index (χ0) is 24.0. The summed E-state index contributed by atoms with van der Waals surface area (Å²) in [7, 11) is -1.95. The Hall–Kier alpha value is -2.99. The van der Waals surface area contributed by atoms with E-state index in [2.05, 4.69) is 29.9 Å². The Morgan fingerprint density at radius 2 is 1.79 bits per heavy atom. The molecule has 1 aromatic carbocycles. The third-order valence-corrected chi connectivity index (χ3v) is 6.60. The quantitative estimate of drug-likeness (QED) is 0.453. The van der Waals surface area contributed by atoms with Crippen molar-refractivity contribution in [3.05, 3.63) is 64.9 Å². The van der Waals surface area contributed by atoms with E-state index in [1.54, 1.807) is 24.3 Å². The molecule has 0 spiro atoms. The molecular formula is C22H25ClN6O4S. The normalized spacial score (nSPS) is 14.1. The standard InChI is InChI=1S/C22H25ClN6O4S/c1-24-34(30,31)15-16-2-4-19(5-3-16)33-21-11-17(12-25-22-26-13-18(23)14-27-22)10-20(28-21)29-6-8-32-9-7-29/h2-5,10-11,13-14,24H,6-9,12,15H2,1H3,(H,25,26,27). The summed E-state index contributed by atoms with van der Waals surface area (Å²) in [6.45, 7) is 3.20. The second-order valence-corrected chi connectivity index (χ2v) is 9.92. The lowest BCUT2D eigenvalue weighted by Crippen LogP contribution is -2.36. The van der Waals surface area contributed by atoms with Gasteiger partial charge in [0, 0.05) is 25.7 Å². The van der Waals surface area contributed by atoms with E-state index in [1.165, 1.54) is 19.4 Å². The first-order chi connectivity index (χ1) is 16.4. The second-order valence-electron chi connectivity index (χ2n) is 7.56. The van der Waals surface area contributed by atoms with Crippen LogP contribution in [0.25, 0.3) is 0 Å². The van der Waals surface area contributed by atoms with Crippen LogP contribution in [0.15, 0.2) is 48.8 Å². The number of halogens is 1. The molecule has 12 heteroatoms. The van der Waals surface area contributed by atoms with Crippen molar-refractivity contribution < 1.29 is 17.9 Å². The Morgan fingerprint density at radius 1 is 1.09 bits per heavy atom. The Balaban J connectivity index is 1.52. The zero-order valence-corrected chi connectivity index (χ0v) is 20.1. The highest BCUT2D eigenvalue weighted by Gasteiger charge is 2.16. The first-order valence-corrected chi connectivity index (χ1v) is 12.7. The molecule has 0 unspecified atom stereocenters. The Kier molecular flexibility index (Phi) is 7.78. The molecule has 34 heavy (non-hydrogen) atoms. The number of morpholine rings is 1. The van der Waals surface area contributed by atoms with E-state index in [4.69, 9.17) is 21.1 Å². The number of hydrogen-bond acceptors (Lipinski definition) is 9. The number of aromatic nitrogens is 3. The highest BCUT2D eigenvalue weighted by molar-refractivity contribution is 7.88. The maximum atomic E-state index is 11.8. The number of anilines is 2. The maximum Gasteiger partial charge on any atom is 0.222 e. The van der Waals surface area contributed by atoms with Crippen LogP contribution in [-0.4, -0.2) is 56.7 Å². The number of ether oxygens (including phenoxy) is 2. The summed E-state index contributed by atoms with van der Waals surface area (Å²) in [6, 6.07) is 10.7. The number of pyridine rings is 1. The van der Waals surface area contributed by atoms with E-state index >= 15 is 0 Å². The van der Waals surface area contributed by atoms with E-state index in [-0.39, 0.29) is 5.75 Å². The van der Waals surface area contributed by atoms with Crippen LogP contribution in [0.5, 0.6) is 11.6 Å². The Labute approximate surface area is 203 Å². The van der Waals surface area contributed by atoms with Crippen molar-refractivity contribution in [2.24, 2.45) is 0 Å². The van der Waals surface area contributed by atoms with E-state index in [1.807, 2.05) is 12.1 Å². The minimum Gasteiger partial charge on any atom is -0.439 e. The van der Waals surface area contributed by atoms with Crippen molar-refractivity contribution in [3.63, 3.8) is 0 Å². The minimum atomic E-state index is -3.34. The lowest BCUT2D eigenvalue weighted by molar-refractivity contribution is 0.122. The fourth-order valence-corrected chi connectivity index (χ4v) is 4.18.